The number of para-hydroxylation sites is 1. The molecule has 0 spiro atoms. The Hall–Kier alpha value is -1.78. The van der Waals surface area contributed by atoms with E-state index in [-0.39, 0.29) is 5.37 Å². The smallest absolute Gasteiger partial charge is 0.127 e. The number of nitrogens with zero attached hydrogens (tertiary/aromatic N) is 1. The molecule has 0 bridgehead atoms. The number of nitrogens with one attached hydrogen (secondary N) is 1. The maximum Gasteiger partial charge on any atom is 0.127 e. The number of likely N-dealkylation sites (N-methyl/N-ethyl adjacent to an activating group) is 1. The Labute approximate surface area is 129 Å². The van der Waals surface area contributed by atoms with Crippen molar-refractivity contribution in [3.63, 3.8) is 0 Å². The van der Waals surface area contributed by atoms with Gasteiger partial charge in [0.05, 0.1) is 11.1 Å². The highest BCUT2D eigenvalue weighted by Crippen LogP contribution is 2.24. The van der Waals surface area contributed by atoms with E-state index in [1.807, 2.05) is 61.3 Å². The Morgan fingerprint density at radius 2 is 1.76 bits per heavy atom. The Bertz CT molecular complexity index is 610. The van der Waals surface area contributed by atoms with Crippen molar-refractivity contribution in [3.05, 3.63) is 60.2 Å². The zero-order valence-electron chi connectivity index (χ0n) is 12.0. The van der Waals surface area contributed by atoms with Crippen molar-refractivity contribution in [1.82, 2.24) is 5.32 Å². The minimum Gasteiger partial charge on any atom is -0.457 e. The van der Waals surface area contributed by atoms with Crippen LogP contribution in [0.2, 0.25) is 0 Å². The molecule has 21 heavy (non-hydrogen) atoms. The molecule has 2 aromatic carbocycles. The molecule has 0 amide bonds. The van der Waals surface area contributed by atoms with Crippen molar-refractivity contribution in [2.24, 2.45) is 4.99 Å². The first-order valence-electron chi connectivity index (χ1n) is 7.03. The van der Waals surface area contributed by atoms with E-state index in [0.717, 1.165) is 35.1 Å². The van der Waals surface area contributed by atoms with Crippen LogP contribution in [0.5, 0.6) is 11.5 Å². The molecule has 0 saturated heterocycles. The molecule has 0 radical (unpaired) electrons. The van der Waals surface area contributed by atoms with Gasteiger partial charge in [0, 0.05) is 12.3 Å². The second kappa shape index (κ2) is 6.78. The van der Waals surface area contributed by atoms with Crippen LogP contribution in [0.1, 0.15) is 5.56 Å². The number of aliphatic imine (C=N–C) groups is 1. The summed E-state index contributed by atoms with van der Waals surface area (Å²) in [5.74, 6) is 2.77. The predicted molar refractivity (Wildman–Crippen MR) is 89.7 cm³/mol. The highest BCUT2D eigenvalue weighted by atomic mass is 32.2. The lowest BCUT2D eigenvalue weighted by Crippen LogP contribution is -2.34. The van der Waals surface area contributed by atoms with Crippen LogP contribution in [0.3, 0.4) is 0 Å². The highest BCUT2D eigenvalue weighted by Gasteiger charge is 2.19. The van der Waals surface area contributed by atoms with Gasteiger partial charge in [0.1, 0.15) is 11.5 Å². The zero-order chi connectivity index (χ0) is 14.5. The average Bonchev–Trinajstić information content (AvgIpc) is 2.56. The van der Waals surface area contributed by atoms with E-state index in [9.17, 15) is 0 Å². The summed E-state index contributed by atoms with van der Waals surface area (Å²) in [6, 6.07) is 18.0. The molecule has 1 atom stereocenters. The Morgan fingerprint density at radius 1 is 1.05 bits per heavy atom. The van der Waals surface area contributed by atoms with Crippen LogP contribution in [0.4, 0.5) is 0 Å². The molecule has 0 aliphatic carbocycles. The minimum absolute atomic E-state index is 0.277. The lowest BCUT2D eigenvalue weighted by atomic mass is 10.1. The van der Waals surface area contributed by atoms with Gasteiger partial charge in [0.2, 0.25) is 0 Å². The molecule has 0 fully saturated rings. The summed E-state index contributed by atoms with van der Waals surface area (Å²) in [6.07, 6.45) is 0. The van der Waals surface area contributed by atoms with Crippen LogP contribution in [0.15, 0.2) is 59.6 Å². The molecule has 1 N–H and O–H groups in total. The molecule has 1 heterocycles. The summed E-state index contributed by atoms with van der Waals surface area (Å²) in [5, 5.41) is 3.59. The number of hydrogen-bond donors (Lipinski definition) is 1. The summed E-state index contributed by atoms with van der Waals surface area (Å²) in [6.45, 7) is 0.889. The SMILES string of the molecule is CNC1SCCN=C1c1ccc(Oc2ccccc2)cc1. The van der Waals surface area contributed by atoms with Gasteiger partial charge in [0.15, 0.2) is 0 Å². The standard InChI is InChI=1S/C17H18N2OS/c1-18-17-16(19-11-12-21-17)13-7-9-15(10-8-13)20-14-5-3-2-4-6-14/h2-10,17-18H,11-12H2,1H3. The van der Waals surface area contributed by atoms with Crippen molar-refractivity contribution in [3.8, 4) is 11.5 Å². The molecule has 0 saturated carbocycles. The van der Waals surface area contributed by atoms with Crippen molar-refractivity contribution < 1.29 is 4.74 Å². The monoisotopic (exact) mass is 298 g/mol. The van der Waals surface area contributed by atoms with Gasteiger partial charge in [-0.15, -0.1) is 11.8 Å². The first-order valence-corrected chi connectivity index (χ1v) is 8.08. The second-order valence-electron chi connectivity index (χ2n) is 4.75. The fraction of sp³-hybridized carbons (Fsp3) is 0.235. The third-order valence-electron chi connectivity index (χ3n) is 3.30. The fourth-order valence-corrected chi connectivity index (χ4v) is 3.25. The molecular weight excluding hydrogens is 280 g/mol. The highest BCUT2D eigenvalue weighted by molar-refractivity contribution is 8.00. The van der Waals surface area contributed by atoms with E-state index in [1.165, 1.54) is 0 Å². The van der Waals surface area contributed by atoms with E-state index >= 15 is 0 Å². The Kier molecular flexibility index (Phi) is 4.58. The van der Waals surface area contributed by atoms with Crippen LogP contribution in [0.25, 0.3) is 0 Å². The van der Waals surface area contributed by atoms with Gasteiger partial charge in [-0.2, -0.15) is 0 Å². The zero-order valence-corrected chi connectivity index (χ0v) is 12.8. The van der Waals surface area contributed by atoms with Crippen molar-refractivity contribution in [2.45, 2.75) is 5.37 Å². The summed E-state index contributed by atoms with van der Waals surface area (Å²) in [5.41, 5.74) is 2.28. The summed E-state index contributed by atoms with van der Waals surface area (Å²) < 4.78 is 5.81. The van der Waals surface area contributed by atoms with Crippen LogP contribution >= 0.6 is 11.8 Å². The molecule has 1 aliphatic rings. The number of rotatable bonds is 4. The van der Waals surface area contributed by atoms with Crippen LogP contribution in [-0.2, 0) is 0 Å². The molecule has 3 nitrogen and oxygen atoms in total. The molecule has 3 rings (SSSR count). The average molecular weight is 298 g/mol. The van der Waals surface area contributed by atoms with Gasteiger partial charge >= 0.3 is 0 Å². The predicted octanol–water partition coefficient (Wildman–Crippen LogP) is 3.56. The van der Waals surface area contributed by atoms with Gasteiger partial charge in [-0.3, -0.25) is 4.99 Å². The topological polar surface area (TPSA) is 33.6 Å². The van der Waals surface area contributed by atoms with Crippen molar-refractivity contribution in [2.75, 3.05) is 19.3 Å². The first kappa shape index (κ1) is 14.2. The third kappa shape index (κ3) is 3.46. The molecule has 1 unspecified atom stereocenters. The van der Waals surface area contributed by atoms with Crippen molar-refractivity contribution >= 4 is 17.5 Å². The molecule has 108 valence electrons. The molecule has 2 aromatic rings. The maximum absolute atomic E-state index is 5.81. The second-order valence-corrected chi connectivity index (χ2v) is 5.96. The molecule has 4 heteroatoms. The summed E-state index contributed by atoms with van der Waals surface area (Å²) in [4.78, 5) is 4.66. The third-order valence-corrected chi connectivity index (χ3v) is 4.51. The first-order chi connectivity index (χ1) is 10.4. The molecule has 1 aliphatic heterocycles. The van der Waals surface area contributed by atoms with Gasteiger partial charge in [-0.1, -0.05) is 18.2 Å². The minimum atomic E-state index is 0.277. The Morgan fingerprint density at radius 3 is 2.48 bits per heavy atom. The molecule has 0 aromatic heterocycles. The van der Waals surface area contributed by atoms with Crippen LogP contribution < -0.4 is 10.1 Å². The number of hydrogen-bond acceptors (Lipinski definition) is 4. The number of benzene rings is 2. The maximum atomic E-state index is 5.81. The number of ether oxygens (including phenoxy) is 1. The Balaban J connectivity index is 1.76. The van der Waals surface area contributed by atoms with E-state index in [0.29, 0.717) is 0 Å². The van der Waals surface area contributed by atoms with E-state index in [1.54, 1.807) is 0 Å². The van der Waals surface area contributed by atoms with Gasteiger partial charge < -0.3 is 10.1 Å². The lowest BCUT2D eigenvalue weighted by molar-refractivity contribution is 0.482. The normalized spacial score (nSPS) is 18.1. The quantitative estimate of drug-likeness (QED) is 0.937. The van der Waals surface area contributed by atoms with Gasteiger partial charge in [0.25, 0.3) is 0 Å². The van der Waals surface area contributed by atoms with Crippen LogP contribution in [-0.4, -0.2) is 30.4 Å². The van der Waals surface area contributed by atoms with Crippen LogP contribution in [0, 0.1) is 0 Å². The van der Waals surface area contributed by atoms with Gasteiger partial charge in [-0.25, -0.2) is 0 Å². The summed E-state index contributed by atoms with van der Waals surface area (Å²) in [7, 11) is 1.98. The van der Waals surface area contributed by atoms with Gasteiger partial charge in [-0.05, 0) is 49.0 Å². The van der Waals surface area contributed by atoms with E-state index in [4.69, 9.17) is 4.74 Å². The van der Waals surface area contributed by atoms with E-state index in [2.05, 4.69) is 22.4 Å². The van der Waals surface area contributed by atoms with E-state index < -0.39 is 0 Å². The van der Waals surface area contributed by atoms with Crippen molar-refractivity contribution in [1.29, 1.82) is 0 Å². The lowest BCUT2D eigenvalue weighted by Gasteiger charge is -2.22. The number of thioether (sulfide) groups is 1. The molecular formula is C17H18N2OS. The largest absolute Gasteiger partial charge is 0.457 e. The fourth-order valence-electron chi connectivity index (χ4n) is 2.28. The summed E-state index contributed by atoms with van der Waals surface area (Å²) >= 11 is 1.90.